The number of hydrogen-bond donors (Lipinski definition) is 2. The maximum absolute atomic E-state index is 11.7. The van der Waals surface area contributed by atoms with Crippen molar-refractivity contribution in [3.05, 3.63) is 23.3 Å². The Morgan fingerprint density at radius 1 is 0.633 bits per heavy atom. The Bertz CT molecular complexity index is 585. The molecule has 0 amide bonds. The molecule has 0 bridgehead atoms. The normalized spacial score (nSPS) is 10.7. The van der Waals surface area contributed by atoms with Gasteiger partial charge in [0.25, 0.3) is 0 Å². The minimum Gasteiger partial charge on any atom is -0.493 e. The molecule has 0 heterocycles. The van der Waals surface area contributed by atoms with Gasteiger partial charge in [-0.15, -0.1) is 0 Å². The van der Waals surface area contributed by atoms with Crippen LogP contribution in [0.4, 0.5) is 0 Å². The van der Waals surface area contributed by atoms with Crippen molar-refractivity contribution in [3.63, 3.8) is 0 Å². The lowest BCUT2D eigenvalue weighted by Gasteiger charge is -2.14. The van der Waals surface area contributed by atoms with Gasteiger partial charge in [-0.05, 0) is 25.0 Å². The first-order valence-corrected chi connectivity index (χ1v) is 11.4. The molecule has 0 atom stereocenters. The monoisotopic (exact) mass is 422 g/mol. The maximum atomic E-state index is 11.7. The second-order valence-corrected chi connectivity index (χ2v) is 7.69. The summed E-state index contributed by atoms with van der Waals surface area (Å²) in [5.74, 6) is -2.15. The molecule has 0 aliphatic heterocycles. The summed E-state index contributed by atoms with van der Waals surface area (Å²) in [7, 11) is 0. The second-order valence-electron chi connectivity index (χ2n) is 7.69. The zero-order chi connectivity index (χ0) is 22.2. The molecule has 1 aromatic rings. The van der Waals surface area contributed by atoms with Crippen LogP contribution in [0.2, 0.25) is 0 Å². The zero-order valence-electron chi connectivity index (χ0n) is 18.6. The number of benzene rings is 1. The average Bonchev–Trinajstić information content (AvgIpc) is 2.72. The van der Waals surface area contributed by atoms with Crippen LogP contribution in [-0.2, 0) is 0 Å². The standard InChI is InChI=1S/C24H38O6/c1-3-5-7-9-11-13-15-29-21-17-20(24(27)28)22(18-19(21)23(25)26)30-16-14-12-10-8-6-4-2/h17-18H,3-16H2,1-2H3,(H,25,26)(H,27,28). The van der Waals surface area contributed by atoms with Gasteiger partial charge in [-0.25, -0.2) is 9.59 Å². The molecule has 0 radical (unpaired) electrons. The van der Waals surface area contributed by atoms with Gasteiger partial charge in [0.1, 0.15) is 22.6 Å². The molecule has 0 aliphatic rings. The van der Waals surface area contributed by atoms with Gasteiger partial charge in [0.05, 0.1) is 13.2 Å². The van der Waals surface area contributed by atoms with Gasteiger partial charge in [0, 0.05) is 0 Å². The molecule has 1 aromatic carbocycles. The van der Waals surface area contributed by atoms with Crippen molar-refractivity contribution in [2.45, 2.75) is 90.9 Å². The highest BCUT2D eigenvalue weighted by Crippen LogP contribution is 2.30. The van der Waals surface area contributed by atoms with Crippen molar-refractivity contribution < 1.29 is 29.3 Å². The zero-order valence-corrected chi connectivity index (χ0v) is 18.6. The van der Waals surface area contributed by atoms with E-state index in [1.807, 2.05) is 0 Å². The van der Waals surface area contributed by atoms with Crippen LogP contribution in [-0.4, -0.2) is 35.4 Å². The highest BCUT2D eigenvalue weighted by molar-refractivity contribution is 5.97. The van der Waals surface area contributed by atoms with E-state index in [1.54, 1.807) is 0 Å². The van der Waals surface area contributed by atoms with Crippen LogP contribution in [0.25, 0.3) is 0 Å². The SMILES string of the molecule is CCCCCCCCOc1cc(C(=O)O)c(OCCCCCCCC)cc1C(=O)O. The summed E-state index contributed by atoms with van der Waals surface area (Å²) in [5.41, 5.74) is -0.132. The van der Waals surface area contributed by atoms with Crippen LogP contribution in [0.3, 0.4) is 0 Å². The van der Waals surface area contributed by atoms with Crippen LogP contribution in [0, 0.1) is 0 Å². The fraction of sp³-hybridized carbons (Fsp3) is 0.667. The van der Waals surface area contributed by atoms with Gasteiger partial charge in [-0.3, -0.25) is 0 Å². The summed E-state index contributed by atoms with van der Waals surface area (Å²) in [5, 5.41) is 19.1. The van der Waals surface area contributed by atoms with Crippen molar-refractivity contribution in [2.24, 2.45) is 0 Å². The van der Waals surface area contributed by atoms with Crippen molar-refractivity contribution in [3.8, 4) is 11.5 Å². The molecule has 0 fully saturated rings. The van der Waals surface area contributed by atoms with Gasteiger partial charge >= 0.3 is 11.9 Å². The Kier molecular flexibility index (Phi) is 13.4. The van der Waals surface area contributed by atoms with Gasteiger partial charge in [0.2, 0.25) is 0 Å². The van der Waals surface area contributed by atoms with E-state index in [0.717, 1.165) is 38.5 Å². The van der Waals surface area contributed by atoms with Gasteiger partial charge in [-0.1, -0.05) is 78.1 Å². The van der Waals surface area contributed by atoms with E-state index in [1.165, 1.54) is 50.7 Å². The molecule has 6 nitrogen and oxygen atoms in total. The number of ether oxygens (including phenoxy) is 2. The molecule has 170 valence electrons. The van der Waals surface area contributed by atoms with Crippen LogP contribution in [0.15, 0.2) is 12.1 Å². The smallest absolute Gasteiger partial charge is 0.339 e. The van der Waals surface area contributed by atoms with Gasteiger partial charge in [-0.2, -0.15) is 0 Å². The molecule has 6 heteroatoms. The Balaban J connectivity index is 2.68. The molecule has 0 spiro atoms. The number of carbonyl (C=O) groups is 2. The number of hydrogen-bond acceptors (Lipinski definition) is 4. The lowest BCUT2D eigenvalue weighted by molar-refractivity contribution is 0.0672. The first-order chi connectivity index (χ1) is 14.5. The number of carboxylic acid groups (broad SMARTS) is 2. The van der Waals surface area contributed by atoms with Crippen LogP contribution >= 0.6 is 0 Å². The third kappa shape index (κ3) is 9.99. The summed E-state index contributed by atoms with van der Waals surface area (Å²) >= 11 is 0. The Hall–Kier alpha value is -2.24. The Morgan fingerprint density at radius 3 is 1.30 bits per heavy atom. The van der Waals surface area contributed by atoms with E-state index in [9.17, 15) is 19.8 Å². The quantitative estimate of drug-likeness (QED) is 0.260. The van der Waals surface area contributed by atoms with Gasteiger partial charge < -0.3 is 19.7 Å². The largest absolute Gasteiger partial charge is 0.493 e. The molecular formula is C24H38O6. The Labute approximate surface area is 180 Å². The fourth-order valence-corrected chi connectivity index (χ4v) is 3.26. The highest BCUT2D eigenvalue weighted by atomic mass is 16.5. The fourth-order valence-electron chi connectivity index (χ4n) is 3.26. The first-order valence-electron chi connectivity index (χ1n) is 11.4. The topological polar surface area (TPSA) is 93.1 Å². The van der Waals surface area contributed by atoms with Crippen molar-refractivity contribution in [1.82, 2.24) is 0 Å². The number of aromatic carboxylic acids is 2. The van der Waals surface area contributed by atoms with Crippen LogP contribution < -0.4 is 9.47 Å². The first kappa shape index (κ1) is 25.8. The third-order valence-corrected chi connectivity index (χ3v) is 5.05. The van der Waals surface area contributed by atoms with E-state index < -0.39 is 11.9 Å². The second kappa shape index (κ2) is 15.6. The lowest BCUT2D eigenvalue weighted by Crippen LogP contribution is -2.10. The van der Waals surface area contributed by atoms with E-state index >= 15 is 0 Å². The lowest BCUT2D eigenvalue weighted by atomic mass is 10.1. The summed E-state index contributed by atoms with van der Waals surface area (Å²) in [6.45, 7) is 5.06. The Morgan fingerprint density at radius 2 is 0.967 bits per heavy atom. The molecule has 0 saturated carbocycles. The molecule has 0 saturated heterocycles. The van der Waals surface area contributed by atoms with Crippen molar-refractivity contribution >= 4 is 11.9 Å². The molecule has 0 aromatic heterocycles. The van der Waals surface area contributed by atoms with Crippen molar-refractivity contribution in [2.75, 3.05) is 13.2 Å². The average molecular weight is 423 g/mol. The summed E-state index contributed by atoms with van der Waals surface area (Å²) in [6.07, 6.45) is 13.0. The predicted molar refractivity (Wildman–Crippen MR) is 118 cm³/mol. The van der Waals surface area contributed by atoms with E-state index in [4.69, 9.17) is 9.47 Å². The van der Waals surface area contributed by atoms with Crippen LogP contribution in [0.5, 0.6) is 11.5 Å². The van der Waals surface area contributed by atoms with E-state index in [0.29, 0.717) is 13.2 Å². The van der Waals surface area contributed by atoms with Gasteiger partial charge in [0.15, 0.2) is 0 Å². The minimum atomic E-state index is -1.16. The highest BCUT2D eigenvalue weighted by Gasteiger charge is 2.21. The number of rotatable bonds is 18. The molecule has 30 heavy (non-hydrogen) atoms. The number of carboxylic acids is 2. The van der Waals surface area contributed by atoms with Crippen molar-refractivity contribution in [1.29, 1.82) is 0 Å². The maximum Gasteiger partial charge on any atom is 0.339 e. The van der Waals surface area contributed by atoms with Crippen LogP contribution in [0.1, 0.15) is 112 Å². The summed E-state index contributed by atoms with van der Waals surface area (Å²) in [4.78, 5) is 23.3. The molecule has 2 N–H and O–H groups in total. The predicted octanol–water partition coefficient (Wildman–Crippen LogP) is 6.56. The third-order valence-electron chi connectivity index (χ3n) is 5.05. The molecule has 1 rings (SSSR count). The van der Waals surface area contributed by atoms with E-state index in [2.05, 4.69) is 13.8 Å². The molecule has 0 aliphatic carbocycles. The summed E-state index contributed by atoms with van der Waals surface area (Å²) < 4.78 is 11.3. The number of unbranched alkanes of at least 4 members (excludes halogenated alkanes) is 10. The minimum absolute atomic E-state index is 0.0658. The molecule has 0 unspecified atom stereocenters. The van der Waals surface area contributed by atoms with E-state index in [-0.39, 0.29) is 22.6 Å². The summed E-state index contributed by atoms with van der Waals surface area (Å²) in [6, 6.07) is 2.55. The molecular weight excluding hydrogens is 384 g/mol.